The van der Waals surface area contributed by atoms with Gasteiger partial charge in [0.15, 0.2) is 0 Å². The van der Waals surface area contributed by atoms with Gasteiger partial charge in [-0.05, 0) is 19.1 Å². The average Bonchev–Trinajstić information content (AvgIpc) is 2.38. The summed E-state index contributed by atoms with van der Waals surface area (Å²) >= 11 is 0.974. The van der Waals surface area contributed by atoms with Crippen LogP contribution in [0.5, 0.6) is 0 Å². The van der Waals surface area contributed by atoms with Crippen molar-refractivity contribution < 1.29 is 27.5 Å². The molecule has 1 amide bonds. The number of rotatable bonds is 6. The smallest absolute Gasteiger partial charge is 0.418 e. The monoisotopic (exact) mass is 321 g/mol. The van der Waals surface area contributed by atoms with Gasteiger partial charge in [0.2, 0.25) is 5.91 Å². The highest BCUT2D eigenvalue weighted by atomic mass is 32.2. The quantitative estimate of drug-likeness (QED) is 0.819. The number of nitrogens with one attached hydrogen (secondary N) is 1. The van der Waals surface area contributed by atoms with Gasteiger partial charge in [-0.15, -0.1) is 11.8 Å². The van der Waals surface area contributed by atoms with Gasteiger partial charge in [0.25, 0.3) is 0 Å². The standard InChI is InChI=1S/C13H14F3NO3S/c1-2-20-12(19)8-21-7-11(18)17-10-6-4-3-5-9(10)13(14,15)16/h3-6H,2,7-8H2,1H3,(H,17,18). The third-order valence-corrected chi connectivity index (χ3v) is 3.17. The van der Waals surface area contributed by atoms with Crippen molar-refractivity contribution in [2.24, 2.45) is 0 Å². The first-order valence-corrected chi connectivity index (χ1v) is 7.19. The minimum Gasteiger partial charge on any atom is -0.465 e. The van der Waals surface area contributed by atoms with E-state index in [-0.39, 0.29) is 23.8 Å². The Morgan fingerprint density at radius 2 is 1.90 bits per heavy atom. The van der Waals surface area contributed by atoms with Gasteiger partial charge in [-0.3, -0.25) is 9.59 Å². The topological polar surface area (TPSA) is 55.4 Å². The largest absolute Gasteiger partial charge is 0.465 e. The van der Waals surface area contributed by atoms with Crippen molar-refractivity contribution in [3.63, 3.8) is 0 Å². The average molecular weight is 321 g/mol. The molecule has 1 rings (SSSR count). The van der Waals surface area contributed by atoms with Gasteiger partial charge in [-0.1, -0.05) is 12.1 Å². The molecule has 0 saturated carbocycles. The minimum atomic E-state index is -4.54. The molecule has 0 saturated heterocycles. The van der Waals surface area contributed by atoms with E-state index in [4.69, 9.17) is 0 Å². The van der Waals surface area contributed by atoms with E-state index in [9.17, 15) is 22.8 Å². The van der Waals surface area contributed by atoms with E-state index >= 15 is 0 Å². The molecule has 0 heterocycles. The lowest BCUT2D eigenvalue weighted by Gasteiger charge is -2.13. The number of carbonyl (C=O) groups is 2. The number of carbonyl (C=O) groups excluding carboxylic acids is 2. The van der Waals surface area contributed by atoms with E-state index in [2.05, 4.69) is 10.1 Å². The molecule has 1 N–H and O–H groups in total. The first-order valence-electron chi connectivity index (χ1n) is 6.04. The summed E-state index contributed by atoms with van der Waals surface area (Å²) in [4.78, 5) is 22.6. The van der Waals surface area contributed by atoms with Crippen LogP contribution < -0.4 is 5.32 Å². The van der Waals surface area contributed by atoms with Crippen LogP contribution in [-0.4, -0.2) is 30.0 Å². The molecule has 1 aromatic rings. The predicted molar refractivity (Wildman–Crippen MR) is 74.0 cm³/mol. The van der Waals surface area contributed by atoms with Crippen LogP contribution in [0, 0.1) is 0 Å². The summed E-state index contributed by atoms with van der Waals surface area (Å²) in [6.45, 7) is 1.90. The van der Waals surface area contributed by atoms with Crippen LogP contribution in [0.2, 0.25) is 0 Å². The Labute approximate surface area is 124 Å². The SMILES string of the molecule is CCOC(=O)CSCC(=O)Nc1ccccc1C(F)(F)F. The highest BCUT2D eigenvalue weighted by Crippen LogP contribution is 2.34. The van der Waals surface area contributed by atoms with Gasteiger partial charge in [-0.25, -0.2) is 0 Å². The molecule has 0 spiro atoms. The molecule has 4 nitrogen and oxygen atoms in total. The van der Waals surface area contributed by atoms with Crippen LogP contribution in [0.1, 0.15) is 12.5 Å². The molecule has 0 radical (unpaired) electrons. The van der Waals surface area contributed by atoms with Crippen molar-refractivity contribution in [1.29, 1.82) is 0 Å². The molecular weight excluding hydrogens is 307 g/mol. The number of amides is 1. The Balaban J connectivity index is 2.54. The van der Waals surface area contributed by atoms with E-state index in [1.807, 2.05) is 0 Å². The molecule has 116 valence electrons. The van der Waals surface area contributed by atoms with Crippen LogP contribution in [0.3, 0.4) is 0 Å². The number of thioether (sulfide) groups is 1. The maximum absolute atomic E-state index is 12.7. The van der Waals surface area contributed by atoms with Crippen molar-refractivity contribution in [1.82, 2.24) is 0 Å². The minimum absolute atomic E-state index is 0.0256. The number of hydrogen-bond acceptors (Lipinski definition) is 4. The summed E-state index contributed by atoms with van der Waals surface area (Å²) in [5, 5.41) is 2.19. The first kappa shape index (κ1) is 17.4. The van der Waals surface area contributed by atoms with Gasteiger partial charge in [0, 0.05) is 0 Å². The summed E-state index contributed by atoms with van der Waals surface area (Å²) in [5.74, 6) is -1.24. The number of anilines is 1. The molecule has 0 fully saturated rings. The van der Waals surface area contributed by atoms with Crippen LogP contribution in [0.15, 0.2) is 24.3 Å². The second-order valence-corrected chi connectivity index (χ2v) is 4.87. The van der Waals surface area contributed by atoms with Crippen LogP contribution in [0.25, 0.3) is 0 Å². The Bertz CT molecular complexity index is 506. The molecule has 8 heteroatoms. The van der Waals surface area contributed by atoms with E-state index in [0.29, 0.717) is 0 Å². The Kier molecular flexibility index (Phi) is 6.54. The molecular formula is C13H14F3NO3S. The lowest BCUT2D eigenvalue weighted by atomic mass is 10.1. The van der Waals surface area contributed by atoms with Crippen LogP contribution >= 0.6 is 11.8 Å². The number of benzene rings is 1. The number of hydrogen-bond donors (Lipinski definition) is 1. The van der Waals surface area contributed by atoms with Crippen molar-refractivity contribution >= 4 is 29.3 Å². The zero-order chi connectivity index (χ0) is 15.9. The lowest BCUT2D eigenvalue weighted by Crippen LogP contribution is -2.19. The maximum Gasteiger partial charge on any atom is 0.418 e. The number of alkyl halides is 3. The molecule has 0 aromatic heterocycles. The maximum atomic E-state index is 12.7. The van der Waals surface area contributed by atoms with Crippen molar-refractivity contribution in [3.05, 3.63) is 29.8 Å². The Morgan fingerprint density at radius 3 is 2.52 bits per heavy atom. The van der Waals surface area contributed by atoms with Crippen molar-refractivity contribution in [2.45, 2.75) is 13.1 Å². The molecule has 0 aliphatic heterocycles. The third kappa shape index (κ3) is 6.07. The summed E-state index contributed by atoms with van der Waals surface area (Å²) in [6.07, 6.45) is -4.54. The highest BCUT2D eigenvalue weighted by molar-refractivity contribution is 8.00. The number of ether oxygens (including phenoxy) is 1. The number of para-hydroxylation sites is 1. The van der Waals surface area contributed by atoms with Gasteiger partial charge >= 0.3 is 12.1 Å². The van der Waals surface area contributed by atoms with Gasteiger partial charge in [-0.2, -0.15) is 13.2 Å². The van der Waals surface area contributed by atoms with Gasteiger partial charge < -0.3 is 10.1 Å². The van der Waals surface area contributed by atoms with E-state index in [1.54, 1.807) is 6.92 Å². The van der Waals surface area contributed by atoms with E-state index in [1.165, 1.54) is 18.2 Å². The number of halogens is 3. The number of esters is 1. The normalized spacial score (nSPS) is 11.0. The van der Waals surface area contributed by atoms with Gasteiger partial charge in [0.1, 0.15) is 0 Å². The third-order valence-electron chi connectivity index (χ3n) is 2.26. The summed E-state index contributed by atoms with van der Waals surface area (Å²) in [6, 6.07) is 4.71. The first-order chi connectivity index (χ1) is 9.84. The lowest BCUT2D eigenvalue weighted by molar-refractivity contribution is -0.140. The molecule has 21 heavy (non-hydrogen) atoms. The molecule has 0 unspecified atom stereocenters. The van der Waals surface area contributed by atoms with Gasteiger partial charge in [0.05, 0.1) is 29.4 Å². The fraction of sp³-hybridized carbons (Fsp3) is 0.385. The fourth-order valence-corrected chi connectivity index (χ4v) is 2.06. The molecule has 1 aromatic carbocycles. The molecule has 0 aliphatic carbocycles. The molecule has 0 aliphatic rings. The van der Waals surface area contributed by atoms with Crippen molar-refractivity contribution in [2.75, 3.05) is 23.4 Å². The molecule has 0 atom stereocenters. The zero-order valence-electron chi connectivity index (χ0n) is 11.2. The van der Waals surface area contributed by atoms with Crippen LogP contribution in [-0.2, 0) is 20.5 Å². The van der Waals surface area contributed by atoms with E-state index in [0.717, 1.165) is 17.8 Å². The summed E-state index contributed by atoms with van der Waals surface area (Å²) in [5.41, 5.74) is -1.21. The predicted octanol–water partition coefficient (Wildman–Crippen LogP) is 2.94. The Hall–Kier alpha value is -1.70. The fourth-order valence-electron chi connectivity index (χ4n) is 1.46. The second kappa shape index (κ2) is 7.92. The second-order valence-electron chi connectivity index (χ2n) is 3.89. The summed E-state index contributed by atoms with van der Waals surface area (Å²) in [7, 11) is 0. The molecule has 0 bridgehead atoms. The Morgan fingerprint density at radius 1 is 1.24 bits per heavy atom. The van der Waals surface area contributed by atoms with E-state index < -0.39 is 23.6 Å². The zero-order valence-corrected chi connectivity index (χ0v) is 12.0. The summed E-state index contributed by atoms with van der Waals surface area (Å²) < 4.78 is 42.8. The van der Waals surface area contributed by atoms with Crippen molar-refractivity contribution in [3.8, 4) is 0 Å². The highest BCUT2D eigenvalue weighted by Gasteiger charge is 2.33. The van der Waals surface area contributed by atoms with Crippen LogP contribution in [0.4, 0.5) is 18.9 Å².